The summed E-state index contributed by atoms with van der Waals surface area (Å²) >= 11 is 0. The number of anilines is 1. The zero-order chi connectivity index (χ0) is 14.4. The summed E-state index contributed by atoms with van der Waals surface area (Å²) in [6.45, 7) is 0.318. The number of ether oxygens (including phenoxy) is 1. The van der Waals surface area contributed by atoms with Gasteiger partial charge < -0.3 is 21.5 Å². The summed E-state index contributed by atoms with van der Waals surface area (Å²) in [5.41, 5.74) is 10.6. The SMILES string of the molecule is COCCC(N)C(=O)Nc1cc(C(N)=O)ccc1F. The highest BCUT2D eigenvalue weighted by Gasteiger charge is 2.16. The van der Waals surface area contributed by atoms with E-state index in [1.165, 1.54) is 19.2 Å². The number of primary amides is 1. The third kappa shape index (κ3) is 4.31. The number of hydrogen-bond donors (Lipinski definition) is 3. The number of nitrogens with one attached hydrogen (secondary N) is 1. The molecule has 0 saturated carbocycles. The number of nitrogens with two attached hydrogens (primary N) is 2. The Hall–Kier alpha value is -1.99. The fourth-order valence-electron chi connectivity index (χ4n) is 1.38. The van der Waals surface area contributed by atoms with Gasteiger partial charge in [0.05, 0.1) is 11.7 Å². The van der Waals surface area contributed by atoms with Crippen LogP contribution < -0.4 is 16.8 Å². The highest BCUT2D eigenvalue weighted by molar-refractivity contribution is 5.98. The van der Waals surface area contributed by atoms with Crippen LogP contribution in [-0.2, 0) is 9.53 Å². The van der Waals surface area contributed by atoms with Crippen LogP contribution in [0.3, 0.4) is 0 Å². The molecule has 0 aliphatic rings. The molecule has 0 radical (unpaired) electrons. The first-order valence-electron chi connectivity index (χ1n) is 5.60. The summed E-state index contributed by atoms with van der Waals surface area (Å²) in [5, 5.41) is 2.31. The molecular formula is C12H16FN3O3. The molecule has 7 heteroatoms. The minimum absolute atomic E-state index is 0.0992. The molecule has 0 bridgehead atoms. The Balaban J connectivity index is 2.78. The topological polar surface area (TPSA) is 107 Å². The predicted octanol–water partition coefficient (Wildman–Crippen LogP) is 0.227. The molecule has 1 aromatic rings. The van der Waals surface area contributed by atoms with Crippen molar-refractivity contribution in [3.8, 4) is 0 Å². The summed E-state index contributed by atoms with van der Waals surface area (Å²) in [6, 6.07) is 2.63. The smallest absolute Gasteiger partial charge is 0.248 e. The minimum atomic E-state index is -0.823. The van der Waals surface area contributed by atoms with Gasteiger partial charge in [-0.3, -0.25) is 9.59 Å². The van der Waals surface area contributed by atoms with Gasteiger partial charge >= 0.3 is 0 Å². The molecule has 0 aliphatic carbocycles. The number of rotatable bonds is 6. The number of halogens is 1. The van der Waals surface area contributed by atoms with Crippen LogP contribution in [-0.4, -0.2) is 31.6 Å². The fourth-order valence-corrected chi connectivity index (χ4v) is 1.38. The molecule has 1 atom stereocenters. The van der Waals surface area contributed by atoms with Crippen LogP contribution in [0.4, 0.5) is 10.1 Å². The molecule has 1 unspecified atom stereocenters. The molecule has 0 saturated heterocycles. The Morgan fingerprint density at radius 2 is 2.16 bits per heavy atom. The third-order valence-corrected chi connectivity index (χ3v) is 2.48. The van der Waals surface area contributed by atoms with Gasteiger partial charge in [-0.05, 0) is 24.6 Å². The van der Waals surface area contributed by atoms with Gasteiger partial charge in [0.2, 0.25) is 11.8 Å². The van der Waals surface area contributed by atoms with Gasteiger partial charge in [-0.1, -0.05) is 0 Å². The Morgan fingerprint density at radius 3 is 2.74 bits per heavy atom. The van der Waals surface area contributed by atoms with E-state index < -0.39 is 23.7 Å². The van der Waals surface area contributed by atoms with E-state index in [2.05, 4.69) is 5.32 Å². The molecule has 2 amide bonds. The van der Waals surface area contributed by atoms with Crippen LogP contribution >= 0.6 is 0 Å². The lowest BCUT2D eigenvalue weighted by Gasteiger charge is -2.12. The molecule has 0 aliphatic heterocycles. The van der Waals surface area contributed by atoms with E-state index >= 15 is 0 Å². The lowest BCUT2D eigenvalue weighted by Crippen LogP contribution is -2.36. The Bertz CT molecular complexity index is 479. The largest absolute Gasteiger partial charge is 0.385 e. The van der Waals surface area contributed by atoms with Crippen molar-refractivity contribution in [2.75, 3.05) is 19.0 Å². The lowest BCUT2D eigenvalue weighted by atomic mass is 10.1. The van der Waals surface area contributed by atoms with Crippen molar-refractivity contribution in [2.24, 2.45) is 11.5 Å². The summed E-state index contributed by atoms with van der Waals surface area (Å²) in [6.07, 6.45) is 0.305. The maximum atomic E-state index is 13.5. The molecular weight excluding hydrogens is 253 g/mol. The van der Waals surface area contributed by atoms with Crippen molar-refractivity contribution in [3.63, 3.8) is 0 Å². The van der Waals surface area contributed by atoms with Crippen molar-refractivity contribution in [1.29, 1.82) is 0 Å². The van der Waals surface area contributed by atoms with Gasteiger partial charge in [-0.2, -0.15) is 0 Å². The normalized spacial score (nSPS) is 11.9. The van der Waals surface area contributed by atoms with E-state index in [0.717, 1.165) is 6.07 Å². The zero-order valence-electron chi connectivity index (χ0n) is 10.5. The van der Waals surface area contributed by atoms with Gasteiger partial charge in [0.25, 0.3) is 0 Å². The monoisotopic (exact) mass is 269 g/mol. The average Bonchev–Trinajstić information content (AvgIpc) is 2.38. The van der Waals surface area contributed by atoms with Crippen molar-refractivity contribution in [1.82, 2.24) is 0 Å². The molecule has 19 heavy (non-hydrogen) atoms. The van der Waals surface area contributed by atoms with E-state index in [0.29, 0.717) is 13.0 Å². The maximum Gasteiger partial charge on any atom is 0.248 e. The van der Waals surface area contributed by atoms with Crippen molar-refractivity contribution in [3.05, 3.63) is 29.6 Å². The van der Waals surface area contributed by atoms with E-state index in [-0.39, 0.29) is 11.3 Å². The summed E-state index contributed by atoms with van der Waals surface area (Å²) in [7, 11) is 1.49. The second-order valence-corrected chi connectivity index (χ2v) is 3.94. The second-order valence-electron chi connectivity index (χ2n) is 3.94. The molecule has 1 rings (SSSR count). The first-order valence-corrected chi connectivity index (χ1v) is 5.60. The molecule has 6 nitrogen and oxygen atoms in total. The van der Waals surface area contributed by atoms with E-state index in [1.807, 2.05) is 0 Å². The van der Waals surface area contributed by atoms with Crippen LogP contribution in [0.15, 0.2) is 18.2 Å². The summed E-state index contributed by atoms with van der Waals surface area (Å²) in [5.74, 6) is -1.94. The van der Waals surface area contributed by atoms with Gasteiger partial charge in [-0.15, -0.1) is 0 Å². The number of hydrogen-bond acceptors (Lipinski definition) is 4. The van der Waals surface area contributed by atoms with Gasteiger partial charge in [0, 0.05) is 19.3 Å². The fraction of sp³-hybridized carbons (Fsp3) is 0.333. The highest BCUT2D eigenvalue weighted by atomic mass is 19.1. The highest BCUT2D eigenvalue weighted by Crippen LogP contribution is 2.16. The molecule has 104 valence electrons. The molecule has 0 heterocycles. The molecule has 1 aromatic carbocycles. The van der Waals surface area contributed by atoms with E-state index in [1.54, 1.807) is 0 Å². The van der Waals surface area contributed by atoms with Crippen LogP contribution in [0.2, 0.25) is 0 Å². The Labute approximate surface area is 109 Å². The van der Waals surface area contributed by atoms with E-state index in [4.69, 9.17) is 16.2 Å². The predicted molar refractivity (Wildman–Crippen MR) is 68.0 cm³/mol. The second kappa shape index (κ2) is 6.81. The van der Waals surface area contributed by atoms with Crippen LogP contribution in [0.1, 0.15) is 16.8 Å². The number of amides is 2. The van der Waals surface area contributed by atoms with Gasteiger partial charge in [0.15, 0.2) is 0 Å². The quantitative estimate of drug-likeness (QED) is 0.686. The van der Waals surface area contributed by atoms with Crippen LogP contribution in [0.5, 0.6) is 0 Å². The summed E-state index contributed by atoms with van der Waals surface area (Å²) in [4.78, 5) is 22.6. The Morgan fingerprint density at radius 1 is 1.47 bits per heavy atom. The van der Waals surface area contributed by atoms with E-state index in [9.17, 15) is 14.0 Å². The van der Waals surface area contributed by atoms with Crippen molar-refractivity contribution >= 4 is 17.5 Å². The standard InChI is InChI=1S/C12H16FN3O3/c1-19-5-4-9(14)12(18)16-10-6-7(11(15)17)2-3-8(10)13/h2-3,6,9H,4-5,14H2,1H3,(H2,15,17)(H,16,18). The lowest BCUT2D eigenvalue weighted by molar-refractivity contribution is -0.117. The molecule has 0 fully saturated rings. The number of carbonyl (C=O) groups excluding carboxylic acids is 2. The molecule has 0 aromatic heterocycles. The van der Waals surface area contributed by atoms with Crippen LogP contribution in [0.25, 0.3) is 0 Å². The van der Waals surface area contributed by atoms with Crippen molar-refractivity contribution in [2.45, 2.75) is 12.5 Å². The van der Waals surface area contributed by atoms with Gasteiger partial charge in [-0.25, -0.2) is 4.39 Å². The third-order valence-electron chi connectivity index (χ3n) is 2.48. The number of carbonyl (C=O) groups is 2. The number of methoxy groups -OCH3 is 1. The minimum Gasteiger partial charge on any atom is -0.385 e. The van der Waals surface area contributed by atoms with Crippen LogP contribution in [0, 0.1) is 5.82 Å². The zero-order valence-corrected chi connectivity index (χ0v) is 10.5. The van der Waals surface area contributed by atoms with Gasteiger partial charge in [0.1, 0.15) is 5.82 Å². The Kier molecular flexibility index (Phi) is 5.40. The molecule has 0 spiro atoms. The first kappa shape index (κ1) is 15.1. The first-order chi connectivity index (χ1) is 8.95. The van der Waals surface area contributed by atoms with Crippen molar-refractivity contribution < 1.29 is 18.7 Å². The summed E-state index contributed by atoms with van der Waals surface area (Å²) < 4.78 is 18.3. The maximum absolute atomic E-state index is 13.5. The average molecular weight is 269 g/mol. The number of benzene rings is 1. The molecule has 5 N–H and O–H groups in total.